The van der Waals surface area contributed by atoms with Crippen molar-refractivity contribution < 1.29 is 23.8 Å². The molecule has 0 spiro atoms. The maximum atomic E-state index is 13.8. The van der Waals surface area contributed by atoms with Gasteiger partial charge in [0.25, 0.3) is 0 Å². The first kappa shape index (κ1) is 22.3. The zero-order valence-corrected chi connectivity index (χ0v) is 18.8. The summed E-state index contributed by atoms with van der Waals surface area (Å²) in [7, 11) is 3.03. The molecular weight excluding hydrogens is 450 g/mol. The maximum absolute atomic E-state index is 13.8. The normalized spacial score (nSPS) is 14.8. The molecule has 0 aliphatic carbocycles. The number of nitrogens with one attached hydrogen (secondary N) is 1. The molecule has 1 aliphatic heterocycles. The summed E-state index contributed by atoms with van der Waals surface area (Å²) in [5, 5.41) is 15.1. The Bertz CT molecular complexity index is 1240. The Morgan fingerprint density at radius 3 is 2.55 bits per heavy atom. The van der Waals surface area contributed by atoms with Crippen LogP contribution in [0.1, 0.15) is 28.9 Å². The number of benzene rings is 2. The summed E-state index contributed by atoms with van der Waals surface area (Å²) in [5.74, 6) is -0.00144. The van der Waals surface area contributed by atoms with Crippen molar-refractivity contribution in [1.29, 1.82) is 0 Å². The largest absolute Gasteiger partial charge is 0.497 e. The fourth-order valence-corrected chi connectivity index (χ4v) is 3.71. The summed E-state index contributed by atoms with van der Waals surface area (Å²) in [6, 6.07) is 10.6. The first-order valence-electron chi connectivity index (χ1n) is 9.96. The average molecular weight is 470 g/mol. The molecule has 0 saturated heterocycles. The Morgan fingerprint density at radius 1 is 1.12 bits per heavy atom. The fourth-order valence-electron chi connectivity index (χ4n) is 3.59. The van der Waals surface area contributed by atoms with E-state index in [-0.39, 0.29) is 23.8 Å². The highest BCUT2D eigenvalue weighted by Gasteiger charge is 2.40. The fraction of sp³-hybridized carbons (Fsp3) is 0.227. The number of anilines is 1. The molecule has 1 N–H and O–H groups in total. The molecule has 11 heteroatoms. The highest BCUT2D eigenvalue weighted by molar-refractivity contribution is 6.30. The molecular formula is C22H20ClN5O5. The second kappa shape index (κ2) is 9.29. The summed E-state index contributed by atoms with van der Waals surface area (Å²) in [6.45, 7) is 1.79. The van der Waals surface area contributed by atoms with Gasteiger partial charge in [-0.3, -0.25) is 4.79 Å². The molecule has 0 bridgehead atoms. The molecule has 0 unspecified atom stereocenters. The lowest BCUT2D eigenvalue weighted by Crippen LogP contribution is -2.33. The number of carbonyl (C=O) groups excluding carboxylic acids is 2. The van der Waals surface area contributed by atoms with Gasteiger partial charge in [0.15, 0.2) is 5.78 Å². The zero-order chi connectivity index (χ0) is 23.5. The molecule has 2 heterocycles. The highest BCUT2D eigenvalue weighted by Crippen LogP contribution is 2.41. The topological polar surface area (TPSA) is 117 Å². The van der Waals surface area contributed by atoms with Gasteiger partial charge in [0.2, 0.25) is 5.95 Å². The van der Waals surface area contributed by atoms with Crippen LogP contribution in [0.3, 0.4) is 0 Å². The third-order valence-electron chi connectivity index (χ3n) is 5.08. The molecule has 3 aromatic rings. The van der Waals surface area contributed by atoms with E-state index >= 15 is 0 Å². The minimum atomic E-state index is -0.913. The van der Waals surface area contributed by atoms with Gasteiger partial charge in [-0.05, 0) is 59.8 Å². The number of ketones is 1. The standard InChI is InChI=1S/C22H20ClN5O5/c1-4-33-21(30)18-17(20(29)12-5-7-13(23)8-6-12)19(28-22(24-18)25-26-27-28)15-11-14(31-2)9-10-16(15)32-3/h5-11,19H,4H2,1-3H3,(H,24,25,27)/t19-/m0/s1. The van der Waals surface area contributed by atoms with Crippen LogP contribution >= 0.6 is 11.6 Å². The number of Topliss-reactive ketones (excluding diaryl/α,β-unsaturated/α-hetero) is 1. The van der Waals surface area contributed by atoms with E-state index in [2.05, 4.69) is 20.8 Å². The van der Waals surface area contributed by atoms with Gasteiger partial charge in [-0.25, -0.2) is 4.79 Å². The number of esters is 1. The van der Waals surface area contributed by atoms with Gasteiger partial charge in [-0.15, -0.1) is 0 Å². The van der Waals surface area contributed by atoms with E-state index in [9.17, 15) is 9.59 Å². The van der Waals surface area contributed by atoms with Crippen molar-refractivity contribution in [1.82, 2.24) is 20.2 Å². The van der Waals surface area contributed by atoms with Crippen LogP contribution in [-0.4, -0.2) is 52.8 Å². The third kappa shape index (κ3) is 4.12. The number of nitrogens with zero attached hydrogens (tertiary/aromatic N) is 4. The lowest BCUT2D eigenvalue weighted by atomic mass is 9.88. The van der Waals surface area contributed by atoms with Gasteiger partial charge >= 0.3 is 5.97 Å². The molecule has 0 saturated carbocycles. The summed E-state index contributed by atoms with van der Waals surface area (Å²) in [4.78, 5) is 26.7. The van der Waals surface area contributed by atoms with Crippen LogP contribution in [0.25, 0.3) is 0 Å². The first-order valence-corrected chi connectivity index (χ1v) is 10.3. The average Bonchev–Trinajstić information content (AvgIpc) is 3.31. The minimum absolute atomic E-state index is 0.0611. The first-order chi connectivity index (χ1) is 16.0. The number of allylic oxidation sites excluding steroid dienone is 1. The van der Waals surface area contributed by atoms with E-state index in [4.69, 9.17) is 25.8 Å². The molecule has 4 rings (SSSR count). The summed E-state index contributed by atoms with van der Waals surface area (Å²) in [6.07, 6.45) is 0. The molecule has 33 heavy (non-hydrogen) atoms. The Labute approximate surface area is 194 Å². The monoisotopic (exact) mass is 469 g/mol. The Balaban J connectivity index is 1.99. The number of carbonyl (C=O) groups is 2. The number of methoxy groups -OCH3 is 2. The van der Waals surface area contributed by atoms with E-state index < -0.39 is 17.8 Å². The summed E-state index contributed by atoms with van der Waals surface area (Å²) < 4.78 is 17.6. The van der Waals surface area contributed by atoms with E-state index in [1.807, 2.05) is 0 Å². The Hall–Kier alpha value is -3.92. The molecule has 0 amide bonds. The third-order valence-corrected chi connectivity index (χ3v) is 5.33. The van der Waals surface area contributed by atoms with Gasteiger partial charge in [-0.2, -0.15) is 4.68 Å². The van der Waals surface area contributed by atoms with Crippen LogP contribution in [0.2, 0.25) is 5.02 Å². The quantitative estimate of drug-likeness (QED) is 0.411. The number of aromatic nitrogens is 4. The summed E-state index contributed by atoms with van der Waals surface area (Å²) in [5.41, 5.74) is 0.864. The highest BCUT2D eigenvalue weighted by atomic mass is 35.5. The van der Waals surface area contributed by atoms with Gasteiger partial charge in [0.1, 0.15) is 23.2 Å². The minimum Gasteiger partial charge on any atom is -0.497 e. The second-order valence-corrected chi connectivity index (χ2v) is 7.36. The number of hydrogen-bond acceptors (Lipinski definition) is 9. The number of hydrogen-bond donors (Lipinski definition) is 1. The number of ether oxygens (including phenoxy) is 3. The van der Waals surface area contributed by atoms with Crippen molar-refractivity contribution in [2.45, 2.75) is 13.0 Å². The molecule has 1 aliphatic rings. The van der Waals surface area contributed by atoms with Crippen molar-refractivity contribution in [3.8, 4) is 11.5 Å². The SMILES string of the molecule is CCOC(=O)C1=C(C(=O)c2ccc(Cl)cc2)[C@H](c2cc(OC)ccc2OC)n2nnnc2N1. The van der Waals surface area contributed by atoms with Crippen molar-refractivity contribution >= 4 is 29.3 Å². The van der Waals surface area contributed by atoms with Gasteiger partial charge < -0.3 is 19.5 Å². The molecule has 0 radical (unpaired) electrons. The predicted molar refractivity (Wildman–Crippen MR) is 119 cm³/mol. The number of halogens is 1. The zero-order valence-electron chi connectivity index (χ0n) is 18.0. The van der Waals surface area contributed by atoms with Gasteiger partial charge in [-0.1, -0.05) is 16.7 Å². The number of rotatable bonds is 7. The lowest BCUT2D eigenvalue weighted by molar-refractivity contribution is -0.138. The number of tetrazole rings is 1. The molecule has 170 valence electrons. The van der Waals surface area contributed by atoms with E-state index in [0.717, 1.165) is 0 Å². The van der Waals surface area contributed by atoms with Crippen molar-refractivity contribution in [2.75, 3.05) is 26.1 Å². The van der Waals surface area contributed by atoms with E-state index in [1.165, 1.54) is 18.9 Å². The molecule has 1 atom stereocenters. The predicted octanol–water partition coefficient (Wildman–Crippen LogP) is 3.06. The van der Waals surface area contributed by atoms with Crippen LogP contribution < -0.4 is 14.8 Å². The number of fused-ring (bicyclic) bond motifs is 1. The van der Waals surface area contributed by atoms with Crippen molar-refractivity contribution in [2.24, 2.45) is 0 Å². The van der Waals surface area contributed by atoms with Gasteiger partial charge in [0, 0.05) is 16.1 Å². The maximum Gasteiger partial charge on any atom is 0.355 e. The van der Waals surface area contributed by atoms with Crippen molar-refractivity contribution in [3.05, 3.63) is 69.9 Å². The molecule has 2 aromatic carbocycles. The van der Waals surface area contributed by atoms with Gasteiger partial charge in [0.05, 0.1) is 26.4 Å². The van der Waals surface area contributed by atoms with Crippen LogP contribution in [0.4, 0.5) is 5.95 Å². The lowest BCUT2D eigenvalue weighted by Gasteiger charge is -2.29. The second-order valence-electron chi connectivity index (χ2n) is 6.93. The van der Waals surface area contributed by atoms with Crippen LogP contribution in [0.5, 0.6) is 11.5 Å². The summed E-state index contributed by atoms with van der Waals surface area (Å²) >= 11 is 6.00. The Morgan fingerprint density at radius 2 is 1.88 bits per heavy atom. The van der Waals surface area contributed by atoms with E-state index in [1.54, 1.807) is 49.4 Å². The van der Waals surface area contributed by atoms with Crippen molar-refractivity contribution in [3.63, 3.8) is 0 Å². The van der Waals surface area contributed by atoms with E-state index in [0.29, 0.717) is 27.6 Å². The molecule has 10 nitrogen and oxygen atoms in total. The van der Waals surface area contributed by atoms with Crippen LogP contribution in [-0.2, 0) is 9.53 Å². The Kier molecular flexibility index (Phi) is 6.27. The molecule has 0 fully saturated rings. The van der Waals surface area contributed by atoms with Crippen LogP contribution in [0, 0.1) is 0 Å². The smallest absolute Gasteiger partial charge is 0.355 e. The molecule has 1 aromatic heterocycles. The van der Waals surface area contributed by atoms with Crippen LogP contribution in [0.15, 0.2) is 53.7 Å².